The highest BCUT2D eigenvalue weighted by Gasteiger charge is 2.12. The molecule has 0 aliphatic rings. The standard InChI is InChI=1S/C15H14F3NO/c1-9(10-3-5-12(16)14(18)7-10)19-15-8-11(20-2)4-6-13(15)17/h3-9,19H,1-2H3. The summed E-state index contributed by atoms with van der Waals surface area (Å²) in [5, 5.41) is 2.90. The third-order valence-electron chi connectivity index (χ3n) is 2.99. The molecule has 2 aromatic carbocycles. The molecule has 0 saturated carbocycles. The summed E-state index contributed by atoms with van der Waals surface area (Å²) in [4.78, 5) is 0. The van der Waals surface area contributed by atoms with Gasteiger partial charge in [-0.2, -0.15) is 0 Å². The highest BCUT2D eigenvalue weighted by Crippen LogP contribution is 2.26. The van der Waals surface area contributed by atoms with E-state index in [1.165, 1.54) is 31.4 Å². The molecule has 0 heterocycles. The van der Waals surface area contributed by atoms with Gasteiger partial charge in [-0.25, -0.2) is 13.2 Å². The molecule has 1 N–H and O–H groups in total. The second-order valence-electron chi connectivity index (χ2n) is 4.39. The van der Waals surface area contributed by atoms with Crippen molar-refractivity contribution in [2.75, 3.05) is 12.4 Å². The van der Waals surface area contributed by atoms with Crippen LogP contribution < -0.4 is 10.1 Å². The Balaban J connectivity index is 2.22. The summed E-state index contributed by atoms with van der Waals surface area (Å²) in [6.45, 7) is 1.73. The molecule has 0 aliphatic heterocycles. The Morgan fingerprint density at radius 2 is 1.65 bits per heavy atom. The van der Waals surface area contributed by atoms with Crippen molar-refractivity contribution in [1.29, 1.82) is 0 Å². The van der Waals surface area contributed by atoms with Gasteiger partial charge in [-0.15, -0.1) is 0 Å². The van der Waals surface area contributed by atoms with E-state index in [9.17, 15) is 13.2 Å². The molecule has 0 amide bonds. The number of nitrogens with one attached hydrogen (secondary N) is 1. The van der Waals surface area contributed by atoms with E-state index in [-0.39, 0.29) is 11.7 Å². The molecular formula is C15H14F3NO. The SMILES string of the molecule is COc1ccc(F)c(NC(C)c2ccc(F)c(F)c2)c1. The Morgan fingerprint density at radius 3 is 2.30 bits per heavy atom. The van der Waals surface area contributed by atoms with E-state index in [1.54, 1.807) is 6.92 Å². The lowest BCUT2D eigenvalue weighted by Gasteiger charge is -2.17. The molecule has 2 nitrogen and oxygen atoms in total. The van der Waals surface area contributed by atoms with E-state index in [1.807, 2.05) is 0 Å². The number of halogens is 3. The zero-order chi connectivity index (χ0) is 14.7. The van der Waals surface area contributed by atoms with Crippen LogP contribution in [0.15, 0.2) is 36.4 Å². The summed E-state index contributed by atoms with van der Waals surface area (Å²) in [6.07, 6.45) is 0. The minimum absolute atomic E-state index is 0.238. The van der Waals surface area contributed by atoms with Crippen molar-refractivity contribution in [3.05, 3.63) is 59.4 Å². The molecule has 0 saturated heterocycles. The van der Waals surface area contributed by atoms with Gasteiger partial charge in [0.15, 0.2) is 11.6 Å². The first-order valence-electron chi connectivity index (χ1n) is 6.06. The van der Waals surface area contributed by atoms with Gasteiger partial charge in [0.2, 0.25) is 0 Å². The topological polar surface area (TPSA) is 21.3 Å². The Hall–Kier alpha value is -2.17. The zero-order valence-electron chi connectivity index (χ0n) is 11.1. The van der Waals surface area contributed by atoms with Crippen LogP contribution in [0.4, 0.5) is 18.9 Å². The van der Waals surface area contributed by atoms with Crippen LogP contribution in [0.1, 0.15) is 18.5 Å². The highest BCUT2D eigenvalue weighted by atomic mass is 19.2. The average Bonchev–Trinajstić information content (AvgIpc) is 2.44. The number of hydrogen-bond acceptors (Lipinski definition) is 2. The van der Waals surface area contributed by atoms with Crippen molar-refractivity contribution in [2.45, 2.75) is 13.0 Å². The van der Waals surface area contributed by atoms with Crippen LogP contribution in [0.2, 0.25) is 0 Å². The third kappa shape index (κ3) is 3.04. The van der Waals surface area contributed by atoms with E-state index in [4.69, 9.17) is 4.74 Å². The van der Waals surface area contributed by atoms with Gasteiger partial charge in [-0.05, 0) is 36.8 Å². The van der Waals surface area contributed by atoms with Gasteiger partial charge >= 0.3 is 0 Å². The van der Waals surface area contributed by atoms with Crippen molar-refractivity contribution >= 4 is 5.69 Å². The Kier molecular flexibility index (Phi) is 4.17. The maximum atomic E-state index is 13.7. The lowest BCUT2D eigenvalue weighted by Crippen LogP contribution is -2.08. The fraction of sp³-hybridized carbons (Fsp3) is 0.200. The van der Waals surface area contributed by atoms with Crippen LogP contribution in [0.3, 0.4) is 0 Å². The Labute approximate surface area is 115 Å². The van der Waals surface area contributed by atoms with Crippen LogP contribution in [0.25, 0.3) is 0 Å². The van der Waals surface area contributed by atoms with Gasteiger partial charge in [0.05, 0.1) is 12.8 Å². The van der Waals surface area contributed by atoms with Crippen LogP contribution in [-0.4, -0.2) is 7.11 Å². The average molecular weight is 281 g/mol. The summed E-state index contributed by atoms with van der Waals surface area (Å²) in [5.41, 5.74) is 0.757. The molecule has 5 heteroatoms. The van der Waals surface area contributed by atoms with Gasteiger partial charge in [-0.3, -0.25) is 0 Å². The predicted octanol–water partition coefficient (Wildman–Crippen LogP) is 4.29. The molecule has 106 valence electrons. The molecule has 0 spiro atoms. The minimum Gasteiger partial charge on any atom is -0.497 e. The number of methoxy groups -OCH3 is 1. The monoisotopic (exact) mass is 281 g/mol. The quantitative estimate of drug-likeness (QED) is 0.902. The first-order chi connectivity index (χ1) is 9.51. The second-order valence-corrected chi connectivity index (χ2v) is 4.39. The lowest BCUT2D eigenvalue weighted by atomic mass is 10.1. The van der Waals surface area contributed by atoms with Crippen molar-refractivity contribution < 1.29 is 17.9 Å². The lowest BCUT2D eigenvalue weighted by molar-refractivity contribution is 0.414. The van der Waals surface area contributed by atoms with E-state index >= 15 is 0 Å². The van der Waals surface area contributed by atoms with Crippen molar-refractivity contribution in [3.63, 3.8) is 0 Å². The molecule has 20 heavy (non-hydrogen) atoms. The Morgan fingerprint density at radius 1 is 0.950 bits per heavy atom. The largest absolute Gasteiger partial charge is 0.497 e. The Bertz CT molecular complexity index is 616. The summed E-state index contributed by atoms with van der Waals surface area (Å²) < 4.78 is 44.7. The van der Waals surface area contributed by atoms with E-state index in [2.05, 4.69) is 5.32 Å². The molecule has 0 bridgehead atoms. The van der Waals surface area contributed by atoms with Gasteiger partial charge in [0, 0.05) is 12.1 Å². The van der Waals surface area contributed by atoms with Gasteiger partial charge in [0.25, 0.3) is 0 Å². The summed E-state index contributed by atoms with van der Waals surface area (Å²) >= 11 is 0. The first kappa shape index (κ1) is 14.2. The maximum Gasteiger partial charge on any atom is 0.159 e. The number of rotatable bonds is 4. The van der Waals surface area contributed by atoms with Crippen LogP contribution >= 0.6 is 0 Å². The van der Waals surface area contributed by atoms with Gasteiger partial charge in [-0.1, -0.05) is 6.07 Å². The molecule has 0 aliphatic carbocycles. The van der Waals surface area contributed by atoms with E-state index < -0.39 is 17.5 Å². The molecule has 0 fully saturated rings. The third-order valence-corrected chi connectivity index (χ3v) is 2.99. The maximum absolute atomic E-state index is 13.7. The van der Waals surface area contributed by atoms with Crippen LogP contribution in [0, 0.1) is 17.5 Å². The zero-order valence-corrected chi connectivity index (χ0v) is 11.1. The second kappa shape index (κ2) is 5.86. The molecule has 1 unspecified atom stereocenters. The number of anilines is 1. The minimum atomic E-state index is -0.928. The summed E-state index contributed by atoms with van der Waals surface area (Å²) in [5.74, 6) is -1.78. The number of benzene rings is 2. The molecule has 0 aromatic heterocycles. The number of hydrogen-bond donors (Lipinski definition) is 1. The highest BCUT2D eigenvalue weighted by molar-refractivity contribution is 5.51. The summed E-state index contributed by atoms with van der Waals surface area (Å²) in [6, 6.07) is 7.49. The van der Waals surface area contributed by atoms with Crippen molar-refractivity contribution in [1.82, 2.24) is 0 Å². The number of ether oxygens (including phenoxy) is 1. The molecule has 1 atom stereocenters. The van der Waals surface area contributed by atoms with E-state index in [0.717, 1.165) is 12.1 Å². The smallest absolute Gasteiger partial charge is 0.159 e. The molecule has 2 rings (SSSR count). The fourth-order valence-electron chi connectivity index (χ4n) is 1.84. The van der Waals surface area contributed by atoms with Crippen molar-refractivity contribution in [3.8, 4) is 5.75 Å². The first-order valence-corrected chi connectivity index (χ1v) is 6.06. The van der Waals surface area contributed by atoms with Gasteiger partial charge in [0.1, 0.15) is 11.6 Å². The molecule has 2 aromatic rings. The van der Waals surface area contributed by atoms with Gasteiger partial charge < -0.3 is 10.1 Å². The van der Waals surface area contributed by atoms with Crippen LogP contribution in [0.5, 0.6) is 5.75 Å². The predicted molar refractivity (Wildman–Crippen MR) is 71.3 cm³/mol. The van der Waals surface area contributed by atoms with Crippen LogP contribution in [-0.2, 0) is 0 Å². The molecule has 0 radical (unpaired) electrons. The molecular weight excluding hydrogens is 267 g/mol. The normalized spacial score (nSPS) is 12.1. The van der Waals surface area contributed by atoms with Crippen molar-refractivity contribution in [2.24, 2.45) is 0 Å². The fourth-order valence-corrected chi connectivity index (χ4v) is 1.84. The summed E-state index contributed by atoms with van der Waals surface area (Å²) in [7, 11) is 1.48. The van der Waals surface area contributed by atoms with E-state index in [0.29, 0.717) is 11.3 Å².